The maximum Gasteiger partial charge on any atom is 0.130 e. The largest absolute Gasteiger partial charge is 0.317 e. The van der Waals surface area contributed by atoms with Crippen molar-refractivity contribution in [1.29, 1.82) is 0 Å². The molecule has 0 aromatic carbocycles. The van der Waals surface area contributed by atoms with E-state index < -0.39 is 0 Å². The molecule has 0 radical (unpaired) electrons. The fourth-order valence-electron chi connectivity index (χ4n) is 2.34. The number of aryl methyl sites for hydroxylation is 2. The summed E-state index contributed by atoms with van der Waals surface area (Å²) < 4.78 is 0. The molecule has 0 aliphatic heterocycles. The molecule has 1 heterocycles. The van der Waals surface area contributed by atoms with Crippen LogP contribution in [-0.2, 0) is 25.7 Å². The highest BCUT2D eigenvalue weighted by atomic mass is 15.1. The van der Waals surface area contributed by atoms with Crippen molar-refractivity contribution in [2.75, 3.05) is 33.7 Å². The molecule has 114 valence electrons. The van der Waals surface area contributed by atoms with Gasteiger partial charge in [-0.15, -0.1) is 0 Å². The lowest BCUT2D eigenvalue weighted by Gasteiger charge is -2.15. The lowest BCUT2D eigenvalue weighted by atomic mass is 10.0. The van der Waals surface area contributed by atoms with Gasteiger partial charge in [-0.2, -0.15) is 0 Å². The summed E-state index contributed by atoms with van der Waals surface area (Å²) in [5, 5.41) is 3.39. The minimum atomic E-state index is 0.931. The van der Waals surface area contributed by atoms with Gasteiger partial charge in [0.15, 0.2) is 0 Å². The van der Waals surface area contributed by atoms with Crippen molar-refractivity contribution in [3.05, 3.63) is 22.8 Å². The Morgan fingerprint density at radius 3 is 2.00 bits per heavy atom. The summed E-state index contributed by atoms with van der Waals surface area (Å²) in [6.07, 6.45) is 3.95. The molecule has 1 rings (SSSR count). The molecular formula is C16H30N4. The maximum absolute atomic E-state index is 4.78. The fourth-order valence-corrected chi connectivity index (χ4v) is 2.34. The van der Waals surface area contributed by atoms with E-state index >= 15 is 0 Å². The van der Waals surface area contributed by atoms with Gasteiger partial charge in [0.05, 0.1) is 0 Å². The van der Waals surface area contributed by atoms with Crippen LogP contribution in [0.25, 0.3) is 0 Å². The lowest BCUT2D eigenvalue weighted by Crippen LogP contribution is -2.20. The van der Waals surface area contributed by atoms with E-state index in [0.717, 1.165) is 51.1 Å². The first-order chi connectivity index (χ1) is 9.62. The second kappa shape index (κ2) is 9.03. The molecule has 0 unspecified atom stereocenters. The van der Waals surface area contributed by atoms with E-state index in [4.69, 9.17) is 9.97 Å². The average Bonchev–Trinajstić information content (AvgIpc) is 2.45. The average molecular weight is 278 g/mol. The lowest BCUT2D eigenvalue weighted by molar-refractivity contribution is 0.409. The van der Waals surface area contributed by atoms with Gasteiger partial charge in [0.2, 0.25) is 0 Å². The molecule has 0 amide bonds. The molecule has 0 aliphatic carbocycles. The minimum Gasteiger partial charge on any atom is -0.317 e. The molecule has 0 bridgehead atoms. The molecule has 0 saturated heterocycles. The zero-order valence-electron chi connectivity index (χ0n) is 13.8. The number of aromatic nitrogens is 2. The van der Waals surface area contributed by atoms with E-state index in [2.05, 4.69) is 45.1 Å². The normalized spacial score (nSPS) is 11.3. The molecule has 1 N–H and O–H groups in total. The van der Waals surface area contributed by atoms with Crippen LogP contribution < -0.4 is 5.32 Å². The monoisotopic (exact) mass is 278 g/mol. The molecule has 1 aromatic heterocycles. The van der Waals surface area contributed by atoms with Gasteiger partial charge in [-0.25, -0.2) is 9.97 Å². The molecule has 4 heteroatoms. The van der Waals surface area contributed by atoms with Crippen molar-refractivity contribution >= 4 is 0 Å². The summed E-state index contributed by atoms with van der Waals surface area (Å²) in [5.41, 5.74) is 3.84. The Labute approximate surface area is 124 Å². The highest BCUT2D eigenvalue weighted by Gasteiger charge is 2.12. The number of rotatable bonds is 9. The van der Waals surface area contributed by atoms with Crippen molar-refractivity contribution in [3.8, 4) is 0 Å². The van der Waals surface area contributed by atoms with E-state index in [-0.39, 0.29) is 0 Å². The number of likely N-dealkylation sites (N-methyl/N-ethyl adjacent to an activating group) is 2. The summed E-state index contributed by atoms with van der Waals surface area (Å²) in [6.45, 7) is 9.55. The van der Waals surface area contributed by atoms with Crippen LogP contribution in [0, 0.1) is 0 Å². The maximum atomic E-state index is 4.78. The number of hydrogen-bond donors (Lipinski definition) is 1. The Morgan fingerprint density at radius 1 is 0.950 bits per heavy atom. The van der Waals surface area contributed by atoms with Gasteiger partial charge < -0.3 is 10.2 Å². The first-order valence-corrected chi connectivity index (χ1v) is 7.85. The standard InChI is InChI=1S/C16H30N4/c1-6-14-13(9-11-17-8-3)15(7-2)19-16(18-14)10-12-20(4)5/h17H,6-12H2,1-5H3. The Bertz CT molecular complexity index is 376. The van der Waals surface area contributed by atoms with Gasteiger partial charge in [0.1, 0.15) is 5.82 Å². The Hall–Kier alpha value is -1.00. The first-order valence-electron chi connectivity index (χ1n) is 7.85. The third-order valence-electron chi connectivity index (χ3n) is 3.48. The molecule has 0 saturated carbocycles. The number of hydrogen-bond acceptors (Lipinski definition) is 4. The quantitative estimate of drug-likeness (QED) is 0.700. The molecule has 0 fully saturated rings. The van der Waals surface area contributed by atoms with Crippen LogP contribution in [0.1, 0.15) is 43.5 Å². The van der Waals surface area contributed by atoms with Crippen molar-refractivity contribution in [2.45, 2.75) is 46.5 Å². The van der Waals surface area contributed by atoms with E-state index in [1.807, 2.05) is 0 Å². The van der Waals surface area contributed by atoms with E-state index in [1.54, 1.807) is 0 Å². The fraction of sp³-hybridized carbons (Fsp3) is 0.750. The molecule has 1 aromatic rings. The number of nitrogens with one attached hydrogen (secondary N) is 1. The third kappa shape index (κ3) is 5.17. The first kappa shape index (κ1) is 17.1. The van der Waals surface area contributed by atoms with Crippen LogP contribution in [-0.4, -0.2) is 48.6 Å². The topological polar surface area (TPSA) is 41.1 Å². The van der Waals surface area contributed by atoms with Gasteiger partial charge in [0.25, 0.3) is 0 Å². The van der Waals surface area contributed by atoms with Crippen LogP contribution in [0.15, 0.2) is 0 Å². The van der Waals surface area contributed by atoms with Crippen LogP contribution in [0.4, 0.5) is 0 Å². The van der Waals surface area contributed by atoms with Crippen LogP contribution in [0.5, 0.6) is 0 Å². The van der Waals surface area contributed by atoms with Gasteiger partial charge in [-0.3, -0.25) is 0 Å². The Morgan fingerprint density at radius 2 is 1.55 bits per heavy atom. The van der Waals surface area contributed by atoms with Crippen LogP contribution >= 0.6 is 0 Å². The molecule has 0 aliphatic rings. The van der Waals surface area contributed by atoms with Gasteiger partial charge in [-0.1, -0.05) is 20.8 Å². The van der Waals surface area contributed by atoms with Crippen molar-refractivity contribution in [2.24, 2.45) is 0 Å². The summed E-state index contributed by atoms with van der Waals surface area (Å²) in [5.74, 6) is 1.000. The predicted molar refractivity (Wildman–Crippen MR) is 85.3 cm³/mol. The van der Waals surface area contributed by atoms with Crippen molar-refractivity contribution < 1.29 is 0 Å². The molecule has 20 heavy (non-hydrogen) atoms. The zero-order valence-corrected chi connectivity index (χ0v) is 13.8. The zero-order chi connectivity index (χ0) is 15.0. The Kier molecular flexibility index (Phi) is 7.70. The SMILES string of the molecule is CCNCCc1c(CC)nc(CCN(C)C)nc1CC. The highest BCUT2D eigenvalue weighted by molar-refractivity contribution is 5.27. The molecule has 0 spiro atoms. The van der Waals surface area contributed by atoms with Crippen LogP contribution in [0.2, 0.25) is 0 Å². The van der Waals surface area contributed by atoms with Gasteiger partial charge in [0, 0.05) is 24.4 Å². The summed E-state index contributed by atoms with van der Waals surface area (Å²) >= 11 is 0. The summed E-state index contributed by atoms with van der Waals surface area (Å²) in [4.78, 5) is 11.8. The summed E-state index contributed by atoms with van der Waals surface area (Å²) in [6, 6.07) is 0. The summed E-state index contributed by atoms with van der Waals surface area (Å²) in [7, 11) is 4.18. The smallest absolute Gasteiger partial charge is 0.130 e. The van der Waals surface area contributed by atoms with Crippen molar-refractivity contribution in [1.82, 2.24) is 20.2 Å². The highest BCUT2D eigenvalue weighted by Crippen LogP contribution is 2.14. The predicted octanol–water partition coefficient (Wildman–Crippen LogP) is 1.86. The van der Waals surface area contributed by atoms with Gasteiger partial charge in [-0.05, 0) is 52.0 Å². The van der Waals surface area contributed by atoms with Crippen LogP contribution in [0.3, 0.4) is 0 Å². The van der Waals surface area contributed by atoms with Crippen molar-refractivity contribution in [3.63, 3.8) is 0 Å². The van der Waals surface area contributed by atoms with E-state index in [0.29, 0.717) is 0 Å². The van der Waals surface area contributed by atoms with E-state index in [9.17, 15) is 0 Å². The molecule has 4 nitrogen and oxygen atoms in total. The second-order valence-electron chi connectivity index (χ2n) is 5.38. The Balaban J connectivity index is 2.92. The number of nitrogens with zero attached hydrogens (tertiary/aromatic N) is 3. The third-order valence-corrected chi connectivity index (χ3v) is 3.48. The second-order valence-corrected chi connectivity index (χ2v) is 5.38. The van der Waals surface area contributed by atoms with Gasteiger partial charge >= 0.3 is 0 Å². The van der Waals surface area contributed by atoms with E-state index in [1.165, 1.54) is 17.0 Å². The molecule has 0 atom stereocenters. The minimum absolute atomic E-state index is 0.931. The molecular weight excluding hydrogens is 248 g/mol.